The predicted molar refractivity (Wildman–Crippen MR) is 71.3 cm³/mol. The van der Waals surface area contributed by atoms with Crippen LogP contribution in [0.2, 0.25) is 0 Å². The fourth-order valence-electron chi connectivity index (χ4n) is 1.90. The molecule has 0 fully saturated rings. The molecule has 0 bridgehead atoms. The molecule has 0 amide bonds. The molecule has 1 aromatic heterocycles. The number of rotatable bonds is 3. The molecule has 96 valence electrons. The number of nitrogens with one attached hydrogen (secondary N) is 1. The van der Waals surface area contributed by atoms with Gasteiger partial charge in [0, 0.05) is 5.39 Å². The van der Waals surface area contributed by atoms with Crippen molar-refractivity contribution in [3.8, 4) is 0 Å². The Bertz CT molecular complexity index is 806. The van der Waals surface area contributed by atoms with E-state index in [0.717, 1.165) is 5.39 Å². The maximum atomic E-state index is 12.3. The first kappa shape index (κ1) is 11.7. The van der Waals surface area contributed by atoms with Gasteiger partial charge in [0.05, 0.1) is 11.1 Å². The van der Waals surface area contributed by atoms with Gasteiger partial charge in [0.15, 0.2) is 0 Å². The highest BCUT2D eigenvalue weighted by molar-refractivity contribution is 7.93. The number of nitrogens with zero attached hydrogens (tertiary/aromatic N) is 1. The maximum absolute atomic E-state index is 12.3. The van der Waals surface area contributed by atoms with Crippen LogP contribution in [0.1, 0.15) is 0 Å². The van der Waals surface area contributed by atoms with Crippen molar-refractivity contribution in [2.75, 3.05) is 4.72 Å². The Morgan fingerprint density at radius 1 is 1.05 bits per heavy atom. The van der Waals surface area contributed by atoms with Gasteiger partial charge in [-0.15, -0.1) is 0 Å². The molecule has 19 heavy (non-hydrogen) atoms. The monoisotopic (exact) mass is 274 g/mol. The number of hydrogen-bond donors (Lipinski definition) is 1. The molecule has 6 heteroatoms. The fraction of sp³-hybridized carbons (Fsp3) is 0. The van der Waals surface area contributed by atoms with Gasteiger partial charge in [0.25, 0.3) is 10.0 Å². The second-order valence-corrected chi connectivity index (χ2v) is 5.65. The van der Waals surface area contributed by atoms with Gasteiger partial charge in [-0.2, -0.15) is 0 Å². The lowest BCUT2D eigenvalue weighted by atomic mass is 10.1. The summed E-state index contributed by atoms with van der Waals surface area (Å²) in [5.41, 5.74) is 0.299. The minimum Gasteiger partial charge on any atom is -0.362 e. The summed E-state index contributed by atoms with van der Waals surface area (Å²) in [6.07, 6.45) is 2.55. The van der Waals surface area contributed by atoms with Gasteiger partial charge in [-0.25, -0.2) is 8.42 Å². The molecule has 0 aliphatic heterocycles. The van der Waals surface area contributed by atoms with Gasteiger partial charge in [0.1, 0.15) is 12.0 Å². The zero-order valence-electron chi connectivity index (χ0n) is 9.78. The average Bonchev–Trinajstić information content (AvgIpc) is 2.90. The van der Waals surface area contributed by atoms with E-state index in [0.29, 0.717) is 11.1 Å². The number of fused-ring (bicyclic) bond motifs is 1. The molecule has 0 radical (unpaired) electrons. The largest absolute Gasteiger partial charge is 0.362 e. The highest BCUT2D eigenvalue weighted by Crippen LogP contribution is 2.24. The van der Waals surface area contributed by atoms with E-state index >= 15 is 0 Å². The fourth-order valence-corrected chi connectivity index (χ4v) is 3.15. The van der Waals surface area contributed by atoms with E-state index in [1.165, 1.54) is 12.5 Å². The van der Waals surface area contributed by atoms with Crippen molar-refractivity contribution in [3.05, 3.63) is 54.9 Å². The van der Waals surface area contributed by atoms with E-state index in [9.17, 15) is 8.42 Å². The first-order chi connectivity index (χ1) is 9.17. The van der Waals surface area contributed by atoms with Crippen molar-refractivity contribution in [1.29, 1.82) is 0 Å². The lowest BCUT2D eigenvalue weighted by Gasteiger charge is -2.08. The molecule has 0 spiro atoms. The molecule has 1 heterocycles. The van der Waals surface area contributed by atoms with Gasteiger partial charge in [-0.1, -0.05) is 41.6 Å². The Kier molecular flexibility index (Phi) is 2.72. The van der Waals surface area contributed by atoms with Crippen LogP contribution in [0.5, 0.6) is 0 Å². The van der Waals surface area contributed by atoms with Crippen molar-refractivity contribution >= 4 is 26.5 Å². The quantitative estimate of drug-likeness (QED) is 0.797. The normalized spacial score (nSPS) is 11.6. The summed E-state index contributed by atoms with van der Waals surface area (Å²) in [6.45, 7) is 0. The van der Waals surface area contributed by atoms with Crippen LogP contribution < -0.4 is 4.72 Å². The molecule has 2 aromatic carbocycles. The highest BCUT2D eigenvalue weighted by atomic mass is 32.2. The van der Waals surface area contributed by atoms with Gasteiger partial charge < -0.3 is 4.52 Å². The minimum absolute atomic E-state index is 0.229. The summed E-state index contributed by atoms with van der Waals surface area (Å²) in [5.74, 6) is 0. The molecule has 0 unspecified atom stereocenters. The number of benzene rings is 2. The molecular formula is C13H10N2O3S. The van der Waals surface area contributed by atoms with E-state index < -0.39 is 10.0 Å². The third-order valence-electron chi connectivity index (χ3n) is 2.72. The van der Waals surface area contributed by atoms with Gasteiger partial charge in [-0.05, 0) is 11.5 Å². The maximum Gasteiger partial charge on any atom is 0.262 e. The average molecular weight is 274 g/mol. The van der Waals surface area contributed by atoms with E-state index in [1.54, 1.807) is 24.3 Å². The molecule has 5 nitrogen and oxygen atoms in total. The van der Waals surface area contributed by atoms with Gasteiger partial charge in [-0.3, -0.25) is 4.72 Å². The van der Waals surface area contributed by atoms with Crippen molar-refractivity contribution < 1.29 is 12.9 Å². The van der Waals surface area contributed by atoms with Crippen molar-refractivity contribution in [2.24, 2.45) is 0 Å². The van der Waals surface area contributed by atoms with Gasteiger partial charge in [0.2, 0.25) is 0 Å². The lowest BCUT2D eigenvalue weighted by molar-refractivity contribution is 0.420. The van der Waals surface area contributed by atoms with Crippen molar-refractivity contribution in [1.82, 2.24) is 5.16 Å². The molecular weight excluding hydrogens is 264 g/mol. The Morgan fingerprint density at radius 2 is 1.84 bits per heavy atom. The van der Waals surface area contributed by atoms with E-state index in [4.69, 9.17) is 0 Å². The third-order valence-corrected chi connectivity index (χ3v) is 4.16. The summed E-state index contributed by atoms with van der Waals surface area (Å²) >= 11 is 0. The van der Waals surface area contributed by atoms with E-state index in [2.05, 4.69) is 14.4 Å². The zero-order valence-corrected chi connectivity index (χ0v) is 10.6. The highest BCUT2D eigenvalue weighted by Gasteiger charge is 2.17. The smallest absolute Gasteiger partial charge is 0.262 e. The van der Waals surface area contributed by atoms with Crippen LogP contribution in [0, 0.1) is 0 Å². The van der Waals surface area contributed by atoms with E-state index in [1.807, 2.05) is 18.2 Å². The predicted octanol–water partition coefficient (Wildman–Crippen LogP) is 2.63. The van der Waals surface area contributed by atoms with Crippen LogP contribution in [0.15, 0.2) is 64.3 Å². The Labute approximate surface area is 109 Å². The van der Waals surface area contributed by atoms with Crippen LogP contribution in [0.4, 0.5) is 5.69 Å². The second-order valence-electron chi connectivity index (χ2n) is 4.00. The SMILES string of the molecule is O=S(=O)(Nc1cnoc1)c1cccc2ccccc12. The van der Waals surface area contributed by atoms with Crippen LogP contribution in [0.3, 0.4) is 0 Å². The Hall–Kier alpha value is -2.34. The van der Waals surface area contributed by atoms with Crippen LogP contribution >= 0.6 is 0 Å². The summed E-state index contributed by atoms with van der Waals surface area (Å²) in [6, 6.07) is 12.5. The number of aromatic nitrogens is 1. The summed E-state index contributed by atoms with van der Waals surface area (Å²) in [4.78, 5) is 0.229. The van der Waals surface area contributed by atoms with E-state index in [-0.39, 0.29) is 4.90 Å². The molecule has 0 saturated carbocycles. The standard InChI is InChI=1S/C13H10N2O3S/c16-19(17,15-11-8-14-18-9-11)13-7-3-5-10-4-1-2-6-12(10)13/h1-9,15H. The van der Waals surface area contributed by atoms with Crippen LogP contribution in [-0.2, 0) is 10.0 Å². The number of hydrogen-bond acceptors (Lipinski definition) is 4. The van der Waals surface area contributed by atoms with Crippen molar-refractivity contribution in [2.45, 2.75) is 4.90 Å². The Balaban J connectivity index is 2.13. The summed E-state index contributed by atoms with van der Waals surface area (Å²) in [7, 11) is -3.66. The Morgan fingerprint density at radius 3 is 2.63 bits per heavy atom. The van der Waals surface area contributed by atoms with Crippen molar-refractivity contribution in [3.63, 3.8) is 0 Å². The van der Waals surface area contributed by atoms with Crippen LogP contribution in [-0.4, -0.2) is 13.6 Å². The van der Waals surface area contributed by atoms with Gasteiger partial charge >= 0.3 is 0 Å². The first-order valence-electron chi connectivity index (χ1n) is 5.57. The lowest BCUT2D eigenvalue weighted by Crippen LogP contribution is -2.12. The molecule has 0 saturated heterocycles. The molecule has 1 N–H and O–H groups in total. The first-order valence-corrected chi connectivity index (χ1v) is 7.05. The number of sulfonamides is 1. The summed E-state index contributed by atoms with van der Waals surface area (Å²) < 4.78 is 31.7. The third kappa shape index (κ3) is 2.17. The zero-order chi connectivity index (χ0) is 13.3. The summed E-state index contributed by atoms with van der Waals surface area (Å²) in [5, 5.41) is 5.01. The molecule has 0 atom stereocenters. The second kappa shape index (κ2) is 4.40. The topological polar surface area (TPSA) is 72.2 Å². The minimum atomic E-state index is -3.66. The molecule has 3 aromatic rings. The molecule has 0 aliphatic carbocycles. The molecule has 0 aliphatic rings. The molecule has 3 rings (SSSR count). The van der Waals surface area contributed by atoms with Crippen LogP contribution in [0.25, 0.3) is 10.8 Å². The number of anilines is 1.